The molecule has 2 saturated heterocycles. The van der Waals surface area contributed by atoms with E-state index in [0.29, 0.717) is 23.3 Å². The first-order chi connectivity index (χ1) is 23.2. The summed E-state index contributed by atoms with van der Waals surface area (Å²) in [6, 6.07) is 0.588. The molecule has 0 spiro atoms. The van der Waals surface area contributed by atoms with Gasteiger partial charge in [-0.05, 0) is 64.2 Å². The molecule has 4 atom stereocenters. The third kappa shape index (κ3) is 8.47. The highest BCUT2D eigenvalue weighted by atomic mass is 32.2. The van der Waals surface area contributed by atoms with Crippen molar-refractivity contribution in [1.29, 1.82) is 5.41 Å². The zero-order valence-corrected chi connectivity index (χ0v) is 31.0. The second-order valence-electron chi connectivity index (χ2n) is 14.3. The van der Waals surface area contributed by atoms with Crippen LogP contribution >= 0.6 is 11.8 Å². The van der Waals surface area contributed by atoms with Crippen LogP contribution in [0.2, 0.25) is 0 Å². The van der Waals surface area contributed by atoms with Crippen molar-refractivity contribution in [3.63, 3.8) is 0 Å². The summed E-state index contributed by atoms with van der Waals surface area (Å²) in [7, 11) is 9.06. The van der Waals surface area contributed by atoms with Crippen LogP contribution in [-0.2, 0) is 19.1 Å². The second kappa shape index (κ2) is 16.8. The summed E-state index contributed by atoms with van der Waals surface area (Å²) in [5, 5.41) is 30.8. The monoisotopic (exact) mass is 706 g/mol. The standard InChI is InChI=1S/C22H35N5O4S.C12H23N3O2/c1-11-17-16(12(2)28)20(29)27(17)18(21(30)31)19(11)32-15-9-26(10-15)8-13-4-6-14(7-5-13)25(3)22(23)24;1-13-12(14-2)15(3)10-7-5-9(6-8-10)11(16)17-4/h11-17,28H,4-10H2,1-3H3,(H3,23,24)(H,30,31);9-10H,5-8H2,1-4H3,(H,13,14)/t11-,12-,13?,14?,16-,17-;/m1./s1. The van der Waals surface area contributed by atoms with Crippen molar-refractivity contribution in [3.8, 4) is 0 Å². The van der Waals surface area contributed by atoms with E-state index in [1.165, 1.54) is 12.0 Å². The van der Waals surface area contributed by atoms with E-state index >= 15 is 0 Å². The predicted octanol–water partition coefficient (Wildman–Crippen LogP) is 1.80. The molecule has 0 aromatic carbocycles. The maximum absolute atomic E-state index is 12.5. The molecule has 0 bridgehead atoms. The van der Waals surface area contributed by atoms with Crippen LogP contribution in [0.15, 0.2) is 15.6 Å². The molecule has 0 radical (unpaired) electrons. The molecule has 276 valence electrons. The van der Waals surface area contributed by atoms with Gasteiger partial charge in [-0.3, -0.25) is 20.0 Å². The van der Waals surface area contributed by atoms with Gasteiger partial charge in [0.05, 0.1) is 31.1 Å². The number of amides is 1. The fourth-order valence-corrected chi connectivity index (χ4v) is 9.95. The maximum Gasteiger partial charge on any atom is 0.353 e. The largest absolute Gasteiger partial charge is 0.477 e. The zero-order chi connectivity index (χ0) is 36.2. The van der Waals surface area contributed by atoms with Gasteiger partial charge in [-0.2, -0.15) is 0 Å². The summed E-state index contributed by atoms with van der Waals surface area (Å²) >= 11 is 1.61. The van der Waals surface area contributed by atoms with Gasteiger partial charge in [-0.25, -0.2) is 4.79 Å². The smallest absolute Gasteiger partial charge is 0.353 e. The summed E-state index contributed by atoms with van der Waals surface area (Å²) in [6.45, 7) is 6.50. The lowest BCUT2D eigenvalue weighted by atomic mass is 9.79. The van der Waals surface area contributed by atoms with Crippen molar-refractivity contribution in [3.05, 3.63) is 10.6 Å². The Morgan fingerprint density at radius 1 is 1.10 bits per heavy atom. The molecule has 0 aromatic rings. The number of nitrogens with one attached hydrogen (secondary N) is 2. The fraction of sp³-hybridized carbons (Fsp3) is 0.794. The van der Waals surface area contributed by atoms with E-state index in [4.69, 9.17) is 15.9 Å². The van der Waals surface area contributed by atoms with Crippen LogP contribution in [0.5, 0.6) is 0 Å². The molecular formula is C34H58N8O6S. The summed E-state index contributed by atoms with van der Waals surface area (Å²) in [6.07, 6.45) is 7.47. The van der Waals surface area contributed by atoms with Gasteiger partial charge in [-0.1, -0.05) is 6.92 Å². The highest BCUT2D eigenvalue weighted by molar-refractivity contribution is 8.03. The van der Waals surface area contributed by atoms with E-state index in [9.17, 15) is 24.6 Å². The fourth-order valence-electron chi connectivity index (χ4n) is 8.37. The van der Waals surface area contributed by atoms with Gasteiger partial charge >= 0.3 is 11.9 Å². The first-order valence-corrected chi connectivity index (χ1v) is 18.5. The average molecular weight is 707 g/mol. The molecule has 49 heavy (non-hydrogen) atoms. The number of aliphatic hydroxyl groups is 1. The van der Waals surface area contributed by atoms with Gasteiger partial charge in [0.25, 0.3) is 0 Å². The molecule has 1 amide bonds. The number of guanidine groups is 2. The number of aliphatic hydroxyl groups excluding tert-OH is 1. The summed E-state index contributed by atoms with van der Waals surface area (Å²) < 4.78 is 4.79. The van der Waals surface area contributed by atoms with Crippen molar-refractivity contribution >= 4 is 41.5 Å². The number of esters is 1. The first-order valence-electron chi connectivity index (χ1n) is 17.6. The SMILES string of the molecule is CN=C(NC)N(C)C1CCC(C(=O)OC)CC1.C[C@@H](O)[C@H]1C(=O)N2C(C(=O)O)=C(SC3CN(CC4CCC(N(C)C(=N)N)CC4)C3)[C@H](C)[C@H]12. The number of likely N-dealkylation sites (tertiary alicyclic amines) is 1. The Morgan fingerprint density at radius 2 is 1.67 bits per heavy atom. The number of carbonyl (C=O) groups excluding carboxylic acids is 2. The van der Waals surface area contributed by atoms with Crippen LogP contribution in [0.3, 0.4) is 0 Å². The number of aliphatic imine (C=N–C) groups is 1. The number of fused-ring (bicyclic) bond motifs is 1. The van der Waals surface area contributed by atoms with E-state index in [1.807, 2.05) is 33.0 Å². The van der Waals surface area contributed by atoms with Crippen LogP contribution in [0.1, 0.15) is 65.2 Å². The molecule has 15 heteroatoms. The van der Waals surface area contributed by atoms with Gasteiger partial charge in [0.1, 0.15) is 5.70 Å². The Balaban J connectivity index is 0.000000269. The Hall–Kier alpha value is -3.04. The second-order valence-corrected chi connectivity index (χ2v) is 15.7. The Morgan fingerprint density at radius 3 is 2.16 bits per heavy atom. The number of carbonyl (C=O) groups is 3. The number of β-lactam (4-membered cyclic amide) rings is 1. The van der Waals surface area contributed by atoms with Crippen LogP contribution in [-0.4, -0.2) is 144 Å². The number of rotatable bonds is 9. The third-order valence-corrected chi connectivity index (χ3v) is 12.8. The Labute approximate surface area is 295 Å². The Bertz CT molecular complexity index is 1270. The van der Waals surface area contributed by atoms with Gasteiger partial charge in [0.2, 0.25) is 5.91 Å². The van der Waals surface area contributed by atoms with E-state index < -0.39 is 18.0 Å². The van der Waals surface area contributed by atoms with E-state index in [-0.39, 0.29) is 41.4 Å². The molecule has 2 saturated carbocycles. The number of hydrogen-bond donors (Lipinski definition) is 5. The molecule has 0 unspecified atom stereocenters. The lowest BCUT2D eigenvalue weighted by Gasteiger charge is -2.46. The number of carboxylic acids is 1. The zero-order valence-electron chi connectivity index (χ0n) is 30.2. The van der Waals surface area contributed by atoms with Crippen LogP contribution in [0, 0.1) is 29.1 Å². The molecule has 6 N–H and O–H groups in total. The Kier molecular flexibility index (Phi) is 13.3. The van der Waals surface area contributed by atoms with Gasteiger partial charge in [0, 0.05) is 76.0 Å². The maximum atomic E-state index is 12.5. The number of methoxy groups -OCH3 is 1. The number of ether oxygens (including phenoxy) is 1. The molecule has 14 nitrogen and oxygen atoms in total. The van der Waals surface area contributed by atoms with Crippen LogP contribution < -0.4 is 11.1 Å². The quantitative estimate of drug-likeness (QED) is 0.101. The van der Waals surface area contributed by atoms with Gasteiger partial charge in [0.15, 0.2) is 11.9 Å². The number of nitrogens with zero attached hydrogens (tertiary/aromatic N) is 5. The first kappa shape index (κ1) is 38.8. The van der Waals surface area contributed by atoms with E-state index in [0.717, 1.165) is 81.9 Å². The minimum Gasteiger partial charge on any atom is -0.477 e. The normalized spacial score (nSPS) is 31.0. The molecule has 3 aliphatic heterocycles. The van der Waals surface area contributed by atoms with Crippen LogP contribution in [0.4, 0.5) is 0 Å². The van der Waals surface area contributed by atoms with Crippen LogP contribution in [0.25, 0.3) is 0 Å². The highest BCUT2D eigenvalue weighted by Crippen LogP contribution is 2.52. The van der Waals surface area contributed by atoms with Crippen molar-refractivity contribution in [2.24, 2.45) is 34.4 Å². The molecule has 5 aliphatic rings. The summed E-state index contributed by atoms with van der Waals surface area (Å²) in [4.78, 5) is 48.7. The summed E-state index contributed by atoms with van der Waals surface area (Å²) in [5.74, 6) is -0.189. The highest BCUT2D eigenvalue weighted by Gasteiger charge is 2.60. The number of nitrogens with two attached hydrogens (primary N) is 1. The van der Waals surface area contributed by atoms with Gasteiger partial charge < -0.3 is 45.6 Å². The number of aliphatic carboxylic acids is 1. The minimum absolute atomic E-state index is 0.0639. The molecule has 4 fully saturated rings. The molecule has 2 aliphatic carbocycles. The average Bonchev–Trinajstić information content (AvgIpc) is 3.31. The lowest BCUT2D eigenvalue weighted by molar-refractivity contribution is -0.163. The molecule has 5 rings (SSSR count). The third-order valence-electron chi connectivity index (χ3n) is 11.3. The van der Waals surface area contributed by atoms with E-state index in [1.54, 1.807) is 25.7 Å². The minimum atomic E-state index is -1.05. The van der Waals surface area contributed by atoms with Crippen molar-refractivity contribution in [2.75, 3.05) is 54.9 Å². The summed E-state index contributed by atoms with van der Waals surface area (Å²) in [5.41, 5.74) is 5.73. The number of carboxylic acid groups (broad SMARTS) is 1. The molecule has 0 aromatic heterocycles. The van der Waals surface area contributed by atoms with Crippen molar-refractivity contribution in [2.45, 2.75) is 94.7 Å². The lowest BCUT2D eigenvalue weighted by Crippen LogP contribution is -2.63. The number of hydrogen-bond acceptors (Lipinski definition) is 9. The van der Waals surface area contributed by atoms with Crippen molar-refractivity contribution in [1.82, 2.24) is 24.9 Å². The van der Waals surface area contributed by atoms with E-state index in [2.05, 4.69) is 20.1 Å². The topological polar surface area (TPSA) is 188 Å². The number of thioether (sulfide) groups is 1. The predicted molar refractivity (Wildman–Crippen MR) is 191 cm³/mol. The van der Waals surface area contributed by atoms with Crippen molar-refractivity contribution < 1.29 is 29.3 Å². The van der Waals surface area contributed by atoms with Gasteiger partial charge in [-0.15, -0.1) is 11.8 Å². The molecular weight excluding hydrogens is 648 g/mol. The molecule has 3 heterocycles.